The highest BCUT2D eigenvalue weighted by Gasteiger charge is 2.30. The third-order valence-electron chi connectivity index (χ3n) is 4.88. The Balaban J connectivity index is 1.96. The van der Waals surface area contributed by atoms with Crippen LogP contribution < -0.4 is 4.74 Å². The molecule has 0 saturated carbocycles. The first-order valence-corrected chi connectivity index (χ1v) is 9.08. The third-order valence-corrected chi connectivity index (χ3v) is 4.88. The van der Waals surface area contributed by atoms with E-state index in [2.05, 4.69) is 4.98 Å². The molecule has 146 valence electrons. The SMILES string of the molecule is COc1ccc(-c2cc(-c3ccc(C)cc3)c3cc(C(F)(F)F)ccc3n2)cc1. The summed E-state index contributed by atoms with van der Waals surface area (Å²) in [7, 11) is 1.59. The Hall–Kier alpha value is -3.34. The molecule has 0 saturated heterocycles. The Kier molecular flexibility index (Phi) is 4.74. The van der Waals surface area contributed by atoms with Crippen LogP contribution in [0, 0.1) is 6.92 Å². The molecule has 0 aliphatic heterocycles. The van der Waals surface area contributed by atoms with Crippen molar-refractivity contribution in [3.63, 3.8) is 0 Å². The van der Waals surface area contributed by atoms with Crippen molar-refractivity contribution < 1.29 is 17.9 Å². The normalized spacial score (nSPS) is 11.6. The molecule has 0 radical (unpaired) electrons. The lowest BCUT2D eigenvalue weighted by Gasteiger charge is -2.13. The lowest BCUT2D eigenvalue weighted by Crippen LogP contribution is -2.04. The number of rotatable bonds is 3. The summed E-state index contributed by atoms with van der Waals surface area (Å²) in [6, 6.07) is 20.7. The molecule has 0 N–H and O–H groups in total. The highest BCUT2D eigenvalue weighted by atomic mass is 19.4. The summed E-state index contributed by atoms with van der Waals surface area (Å²) in [6.07, 6.45) is -4.41. The van der Waals surface area contributed by atoms with Gasteiger partial charge in [-0.05, 0) is 66.6 Å². The summed E-state index contributed by atoms with van der Waals surface area (Å²) in [5, 5.41) is 0.473. The average Bonchev–Trinajstić information content (AvgIpc) is 2.72. The van der Waals surface area contributed by atoms with Crippen molar-refractivity contribution in [1.29, 1.82) is 0 Å². The maximum absolute atomic E-state index is 13.3. The van der Waals surface area contributed by atoms with Gasteiger partial charge in [-0.3, -0.25) is 0 Å². The van der Waals surface area contributed by atoms with Crippen molar-refractivity contribution in [1.82, 2.24) is 4.98 Å². The van der Waals surface area contributed by atoms with Gasteiger partial charge < -0.3 is 4.74 Å². The molecular formula is C24H18F3NO. The van der Waals surface area contributed by atoms with Crippen LogP contribution in [-0.4, -0.2) is 12.1 Å². The first-order chi connectivity index (χ1) is 13.8. The van der Waals surface area contributed by atoms with E-state index in [1.165, 1.54) is 12.1 Å². The fourth-order valence-corrected chi connectivity index (χ4v) is 3.28. The molecule has 0 spiro atoms. The smallest absolute Gasteiger partial charge is 0.416 e. The van der Waals surface area contributed by atoms with Gasteiger partial charge in [-0.1, -0.05) is 29.8 Å². The second-order valence-corrected chi connectivity index (χ2v) is 6.88. The van der Waals surface area contributed by atoms with Crippen molar-refractivity contribution in [3.8, 4) is 28.1 Å². The summed E-state index contributed by atoms with van der Waals surface area (Å²) in [4.78, 5) is 4.62. The van der Waals surface area contributed by atoms with Gasteiger partial charge in [0.2, 0.25) is 0 Å². The Morgan fingerprint density at radius 3 is 2.07 bits per heavy atom. The van der Waals surface area contributed by atoms with Crippen LogP contribution in [0.3, 0.4) is 0 Å². The zero-order chi connectivity index (χ0) is 20.6. The standard InChI is InChI=1S/C24H18F3NO/c1-15-3-5-16(6-4-15)20-14-23(17-7-10-19(29-2)11-8-17)28-22-12-9-18(13-21(20)22)24(25,26)27/h3-14H,1-2H3. The molecule has 0 amide bonds. The van der Waals surface area contributed by atoms with E-state index < -0.39 is 11.7 Å². The maximum atomic E-state index is 13.3. The Labute approximate surface area is 166 Å². The van der Waals surface area contributed by atoms with Gasteiger partial charge in [0.25, 0.3) is 0 Å². The lowest BCUT2D eigenvalue weighted by atomic mass is 9.96. The van der Waals surface area contributed by atoms with E-state index in [0.29, 0.717) is 22.2 Å². The van der Waals surface area contributed by atoms with Crippen molar-refractivity contribution >= 4 is 10.9 Å². The number of hydrogen-bond donors (Lipinski definition) is 0. The van der Waals surface area contributed by atoms with Crippen LogP contribution >= 0.6 is 0 Å². The topological polar surface area (TPSA) is 22.1 Å². The summed E-state index contributed by atoms with van der Waals surface area (Å²) < 4.78 is 45.1. The first-order valence-electron chi connectivity index (χ1n) is 9.08. The zero-order valence-electron chi connectivity index (χ0n) is 15.9. The summed E-state index contributed by atoms with van der Waals surface area (Å²) >= 11 is 0. The van der Waals surface area contributed by atoms with Crippen LogP contribution in [-0.2, 0) is 6.18 Å². The number of aryl methyl sites for hydroxylation is 1. The van der Waals surface area contributed by atoms with E-state index >= 15 is 0 Å². The summed E-state index contributed by atoms with van der Waals surface area (Å²) in [5.41, 5.74) is 4.03. The molecule has 0 atom stereocenters. The number of hydrogen-bond acceptors (Lipinski definition) is 2. The van der Waals surface area contributed by atoms with Gasteiger partial charge in [0.1, 0.15) is 5.75 Å². The molecule has 0 unspecified atom stereocenters. The van der Waals surface area contributed by atoms with Crippen LogP contribution in [0.5, 0.6) is 5.75 Å². The molecule has 29 heavy (non-hydrogen) atoms. The fourth-order valence-electron chi connectivity index (χ4n) is 3.28. The molecule has 2 nitrogen and oxygen atoms in total. The van der Waals surface area contributed by atoms with Crippen LogP contribution in [0.4, 0.5) is 13.2 Å². The number of methoxy groups -OCH3 is 1. The van der Waals surface area contributed by atoms with Gasteiger partial charge in [0.05, 0.1) is 23.9 Å². The molecule has 1 heterocycles. The molecule has 4 rings (SSSR count). The van der Waals surface area contributed by atoms with Crippen molar-refractivity contribution in [2.75, 3.05) is 7.11 Å². The van der Waals surface area contributed by atoms with Gasteiger partial charge >= 0.3 is 6.18 Å². The fraction of sp³-hybridized carbons (Fsp3) is 0.125. The van der Waals surface area contributed by atoms with Crippen molar-refractivity contribution in [3.05, 3.63) is 83.9 Å². The van der Waals surface area contributed by atoms with Gasteiger partial charge in [0, 0.05) is 10.9 Å². The number of alkyl halides is 3. The van der Waals surface area contributed by atoms with E-state index in [1.807, 2.05) is 61.5 Å². The molecule has 0 aliphatic rings. The quantitative estimate of drug-likeness (QED) is 0.377. The molecule has 5 heteroatoms. The van der Waals surface area contributed by atoms with Crippen LogP contribution in [0.1, 0.15) is 11.1 Å². The highest BCUT2D eigenvalue weighted by Crippen LogP contribution is 2.37. The minimum atomic E-state index is -4.41. The molecule has 1 aromatic heterocycles. The molecule has 0 fully saturated rings. The zero-order valence-corrected chi connectivity index (χ0v) is 15.9. The number of benzene rings is 3. The molecule has 3 aromatic carbocycles. The van der Waals surface area contributed by atoms with Crippen molar-refractivity contribution in [2.24, 2.45) is 0 Å². The van der Waals surface area contributed by atoms with E-state index in [1.54, 1.807) is 7.11 Å². The van der Waals surface area contributed by atoms with E-state index in [9.17, 15) is 13.2 Å². The lowest BCUT2D eigenvalue weighted by molar-refractivity contribution is -0.137. The second-order valence-electron chi connectivity index (χ2n) is 6.88. The average molecular weight is 393 g/mol. The van der Waals surface area contributed by atoms with E-state index in [-0.39, 0.29) is 0 Å². The van der Waals surface area contributed by atoms with E-state index in [0.717, 1.165) is 28.5 Å². The Morgan fingerprint density at radius 1 is 0.793 bits per heavy atom. The maximum Gasteiger partial charge on any atom is 0.416 e. The van der Waals surface area contributed by atoms with Gasteiger partial charge in [0.15, 0.2) is 0 Å². The van der Waals surface area contributed by atoms with Gasteiger partial charge in [-0.2, -0.15) is 13.2 Å². The van der Waals surface area contributed by atoms with Crippen LogP contribution in [0.2, 0.25) is 0 Å². The minimum Gasteiger partial charge on any atom is -0.497 e. The third kappa shape index (κ3) is 3.81. The number of halogens is 3. The van der Waals surface area contributed by atoms with Gasteiger partial charge in [-0.15, -0.1) is 0 Å². The largest absolute Gasteiger partial charge is 0.497 e. The first kappa shape index (κ1) is 19.0. The predicted molar refractivity (Wildman–Crippen MR) is 109 cm³/mol. The number of pyridine rings is 1. The number of ether oxygens (including phenoxy) is 1. The second kappa shape index (κ2) is 7.24. The Bertz CT molecular complexity index is 1160. The predicted octanol–water partition coefficient (Wildman–Crippen LogP) is 6.90. The molecule has 0 bridgehead atoms. The summed E-state index contributed by atoms with van der Waals surface area (Å²) in [5.74, 6) is 0.725. The highest BCUT2D eigenvalue weighted by molar-refractivity contribution is 5.97. The van der Waals surface area contributed by atoms with E-state index in [4.69, 9.17) is 4.74 Å². The molecular weight excluding hydrogens is 375 g/mol. The molecule has 0 aliphatic carbocycles. The molecule has 4 aromatic rings. The number of fused-ring (bicyclic) bond motifs is 1. The minimum absolute atomic E-state index is 0.473. The van der Waals surface area contributed by atoms with Crippen molar-refractivity contribution in [2.45, 2.75) is 13.1 Å². The van der Waals surface area contributed by atoms with Gasteiger partial charge in [-0.25, -0.2) is 4.98 Å². The number of aromatic nitrogens is 1. The summed E-state index contributed by atoms with van der Waals surface area (Å²) in [6.45, 7) is 1.97. The van der Waals surface area contributed by atoms with Crippen LogP contribution in [0.15, 0.2) is 72.8 Å². The Morgan fingerprint density at radius 2 is 1.45 bits per heavy atom. The monoisotopic (exact) mass is 393 g/mol. The van der Waals surface area contributed by atoms with Crippen LogP contribution in [0.25, 0.3) is 33.3 Å². The number of nitrogens with zero attached hydrogens (tertiary/aromatic N) is 1.